The molecule has 12 nitrogen and oxygen atoms in total. The Bertz CT molecular complexity index is 2180. The average Bonchev–Trinajstić information content (AvgIpc) is 4.09. The number of fused-ring (bicyclic) bond motifs is 3. The molecule has 0 unspecified atom stereocenters. The van der Waals surface area contributed by atoms with Crippen LogP contribution < -0.4 is 14.2 Å². The average molecular weight is 833 g/mol. The molecule has 4 aliphatic rings. The van der Waals surface area contributed by atoms with Crippen LogP contribution in [0.1, 0.15) is 110 Å². The molecular weight excluding hydrogens is 773 g/mol. The predicted octanol–water partition coefficient (Wildman–Crippen LogP) is 6.94. The second-order valence-electron chi connectivity index (χ2n) is 17.4. The highest BCUT2D eigenvalue weighted by Gasteiger charge is 2.63. The lowest BCUT2D eigenvalue weighted by Crippen LogP contribution is -2.49. The smallest absolute Gasteiger partial charge is 0.307 e. The van der Waals surface area contributed by atoms with E-state index in [-0.39, 0.29) is 44.0 Å². The maximum absolute atomic E-state index is 15.1. The lowest BCUT2D eigenvalue weighted by atomic mass is 9.79. The first kappa shape index (κ1) is 39.3. The Kier molecular flexibility index (Phi) is 10.9. The Morgan fingerprint density at radius 3 is 2.47 bits per heavy atom. The minimum absolute atomic E-state index is 0.0241. The topological polar surface area (TPSA) is 158 Å². The molecule has 1 saturated heterocycles. The van der Waals surface area contributed by atoms with Gasteiger partial charge in [0.15, 0.2) is 11.4 Å². The molecule has 1 aromatic carbocycles. The van der Waals surface area contributed by atoms with Gasteiger partial charge in [0.1, 0.15) is 11.9 Å². The summed E-state index contributed by atoms with van der Waals surface area (Å²) in [7, 11) is -3.18. The molecule has 15 heteroatoms. The molecule has 3 heterocycles. The van der Waals surface area contributed by atoms with Gasteiger partial charge in [-0.25, -0.2) is 22.2 Å². The number of pyridine rings is 1. The number of amides is 2. The van der Waals surface area contributed by atoms with E-state index in [4.69, 9.17) is 18.3 Å². The zero-order chi connectivity index (χ0) is 44.9. The first-order valence-electron chi connectivity index (χ1n) is 21.6. The summed E-state index contributed by atoms with van der Waals surface area (Å²) in [6, 6.07) is 6.02. The SMILES string of the molecule is [2H]C([2H])([2H])C1(S(=O)(=O)NC(=O)[C@]23CC(=O)[C@@H]4C[C@@H](Oc5ncc(OC)c6ccccc56)CN4C(=O)[C@@H](CC(=O)OC(C)(C)C(C)(F)F)[C@H](CC)C[C@H](C)CC/C=C\[C@@H]2C3)CC1. The van der Waals surface area contributed by atoms with Gasteiger partial charge in [-0.05, 0) is 83.0 Å². The van der Waals surface area contributed by atoms with Gasteiger partial charge in [-0.15, -0.1) is 0 Å². The van der Waals surface area contributed by atoms with Crippen molar-refractivity contribution in [3.05, 3.63) is 42.6 Å². The maximum atomic E-state index is 15.1. The van der Waals surface area contributed by atoms with Crippen molar-refractivity contribution in [1.82, 2.24) is 14.6 Å². The van der Waals surface area contributed by atoms with Crippen LogP contribution in [0.15, 0.2) is 42.6 Å². The number of halogens is 2. The number of esters is 1. The fraction of sp³-hybridized carbons (Fsp3) is 0.651. The van der Waals surface area contributed by atoms with Crippen LogP contribution in [0.5, 0.6) is 11.6 Å². The number of carbonyl (C=O) groups is 4. The number of Topliss-reactive ketones (excluding diaryl/α,β-unsaturated/α-hetero) is 1. The molecule has 2 saturated carbocycles. The third-order valence-corrected chi connectivity index (χ3v) is 14.7. The number of aromatic nitrogens is 1. The summed E-state index contributed by atoms with van der Waals surface area (Å²) in [5, 5.41) is 1.31. The number of alkyl halides is 2. The van der Waals surface area contributed by atoms with Crippen molar-refractivity contribution in [1.29, 1.82) is 0 Å². The van der Waals surface area contributed by atoms with Crippen molar-refractivity contribution in [2.24, 2.45) is 29.1 Å². The fourth-order valence-electron chi connectivity index (χ4n) is 8.40. The van der Waals surface area contributed by atoms with Crippen LogP contribution in [-0.2, 0) is 33.9 Å². The quantitative estimate of drug-likeness (QED) is 0.186. The number of sulfonamides is 1. The van der Waals surface area contributed by atoms with Crippen LogP contribution in [0.4, 0.5) is 8.78 Å². The van der Waals surface area contributed by atoms with Crippen LogP contribution in [0.25, 0.3) is 10.8 Å². The number of benzene rings is 1. The Morgan fingerprint density at radius 2 is 1.83 bits per heavy atom. The predicted molar refractivity (Wildman–Crippen MR) is 213 cm³/mol. The van der Waals surface area contributed by atoms with E-state index in [9.17, 15) is 31.6 Å². The van der Waals surface area contributed by atoms with Gasteiger partial charge in [0, 0.05) is 34.7 Å². The highest BCUT2D eigenvalue weighted by Crippen LogP contribution is 2.58. The van der Waals surface area contributed by atoms with Crippen LogP contribution in [-0.4, -0.2) is 83.9 Å². The van der Waals surface area contributed by atoms with Crippen molar-refractivity contribution in [2.75, 3.05) is 13.7 Å². The summed E-state index contributed by atoms with van der Waals surface area (Å²) in [5.74, 6) is -7.83. The van der Waals surface area contributed by atoms with E-state index in [2.05, 4.69) is 9.71 Å². The highest BCUT2D eigenvalue weighted by molar-refractivity contribution is 7.91. The summed E-state index contributed by atoms with van der Waals surface area (Å²) in [5.41, 5.74) is -3.73. The van der Waals surface area contributed by atoms with Gasteiger partial charge in [0.2, 0.25) is 27.7 Å². The molecule has 0 bridgehead atoms. The molecule has 1 N–H and O–H groups in total. The number of hydrogen-bond donors (Lipinski definition) is 1. The third-order valence-electron chi connectivity index (χ3n) is 12.8. The second kappa shape index (κ2) is 16.1. The van der Waals surface area contributed by atoms with Crippen molar-refractivity contribution >= 4 is 44.4 Å². The number of rotatable bonds is 11. The van der Waals surface area contributed by atoms with Gasteiger partial charge in [0.25, 0.3) is 5.92 Å². The van der Waals surface area contributed by atoms with E-state index < -0.39 is 105 Å². The van der Waals surface area contributed by atoms with Gasteiger partial charge in [0.05, 0.1) is 48.4 Å². The van der Waals surface area contributed by atoms with Crippen LogP contribution in [0, 0.1) is 29.1 Å². The van der Waals surface area contributed by atoms with Crippen LogP contribution in [0.3, 0.4) is 0 Å². The van der Waals surface area contributed by atoms with Crippen LogP contribution in [0.2, 0.25) is 0 Å². The summed E-state index contributed by atoms with van der Waals surface area (Å²) in [4.78, 5) is 63.4. The van der Waals surface area contributed by atoms with Crippen LogP contribution >= 0.6 is 0 Å². The summed E-state index contributed by atoms with van der Waals surface area (Å²) >= 11 is 0. The van der Waals surface area contributed by atoms with E-state index in [1.807, 2.05) is 32.1 Å². The number of ketones is 1. The standard InChI is InChI=1S/C43H57F2N3O9S/c1-8-27-19-26(2)13-9-10-14-28-22-43(28,39(52)47-58(53,54)41(5)17-18-41)23-34(49)33-20-29(56-37-31-16-12-11-15-30(31)35(55-7)24-46-37)25-48(33)38(51)32(27)21-36(50)57-40(3,4)42(6,44)45/h10-12,14-16,24,26-29,32-33H,8-9,13,17-23,25H2,1-7H3,(H,47,52)/b14-10-/t26-,27-,28-,29-,32+,33+,43-/m1/s1/i5D3. The highest BCUT2D eigenvalue weighted by atomic mass is 32.2. The number of hydrogen-bond acceptors (Lipinski definition) is 10. The molecule has 2 aliphatic carbocycles. The Balaban J connectivity index is 1.38. The minimum atomic E-state index is -4.69. The van der Waals surface area contributed by atoms with E-state index in [0.717, 1.165) is 13.8 Å². The lowest BCUT2D eigenvalue weighted by molar-refractivity contribution is -0.197. The van der Waals surface area contributed by atoms with Crippen molar-refractivity contribution in [3.8, 4) is 11.6 Å². The number of carbonyl (C=O) groups excluding carboxylic acids is 4. The minimum Gasteiger partial charge on any atom is -0.494 e. The van der Waals surface area contributed by atoms with Crippen molar-refractivity contribution in [2.45, 2.75) is 134 Å². The monoisotopic (exact) mass is 832 g/mol. The first-order chi connectivity index (χ1) is 28.4. The maximum Gasteiger partial charge on any atom is 0.307 e. The molecule has 2 aromatic rings. The number of methoxy groups -OCH3 is 1. The normalized spacial score (nSPS) is 30.6. The molecule has 2 aliphatic heterocycles. The molecule has 1 aromatic heterocycles. The number of allylic oxidation sites excluding steroid dienone is 2. The van der Waals surface area contributed by atoms with Crippen molar-refractivity contribution < 1.29 is 54.7 Å². The first-order valence-corrected chi connectivity index (χ1v) is 21.6. The summed E-state index contributed by atoms with van der Waals surface area (Å²) in [6.45, 7) is 3.70. The van der Waals surface area contributed by atoms with Gasteiger partial charge in [-0.2, -0.15) is 0 Å². The molecule has 7 atom stereocenters. The summed E-state index contributed by atoms with van der Waals surface area (Å²) < 4.78 is 97.0. The molecule has 3 fully saturated rings. The largest absolute Gasteiger partial charge is 0.494 e. The van der Waals surface area contributed by atoms with Gasteiger partial charge in [-0.3, -0.25) is 23.9 Å². The molecule has 0 radical (unpaired) electrons. The Morgan fingerprint density at radius 1 is 1.12 bits per heavy atom. The van der Waals surface area contributed by atoms with Crippen molar-refractivity contribution in [3.63, 3.8) is 0 Å². The van der Waals surface area contributed by atoms with Gasteiger partial charge < -0.3 is 19.1 Å². The second-order valence-corrected chi connectivity index (χ2v) is 19.4. The van der Waals surface area contributed by atoms with E-state index in [1.54, 1.807) is 18.2 Å². The summed E-state index contributed by atoms with van der Waals surface area (Å²) in [6.07, 6.45) is 5.26. The Hall–Kier alpha value is -4.14. The number of nitrogens with zero attached hydrogens (tertiary/aromatic N) is 2. The van der Waals surface area contributed by atoms with Gasteiger partial charge >= 0.3 is 5.97 Å². The number of ether oxygens (including phenoxy) is 3. The zero-order valence-electron chi connectivity index (χ0n) is 37.0. The molecule has 0 spiro atoms. The molecule has 6 rings (SSSR count). The fourth-order valence-corrected chi connectivity index (χ4v) is 9.69. The number of nitrogens with one attached hydrogen (secondary N) is 1. The molecule has 2 amide bonds. The third kappa shape index (κ3) is 8.74. The Labute approximate surface area is 344 Å². The molecule has 58 heavy (non-hydrogen) atoms. The molecular formula is C43H57F2N3O9S. The van der Waals surface area contributed by atoms with E-state index in [0.29, 0.717) is 49.1 Å². The lowest BCUT2D eigenvalue weighted by Gasteiger charge is -2.35. The zero-order valence-corrected chi connectivity index (χ0v) is 34.8. The van der Waals surface area contributed by atoms with E-state index in [1.165, 1.54) is 18.2 Å². The van der Waals surface area contributed by atoms with E-state index >= 15 is 4.79 Å². The van der Waals surface area contributed by atoms with Gasteiger partial charge in [-0.1, -0.05) is 50.6 Å². The molecule has 318 valence electrons.